The standard InChI is InChI=1S/C31H40N7O7P.C2HF3O2/c32-31-28(16-27(35-36-31)26-3-1-2-4-29(26)42-19-43-46(39,40)41)37-17-21-5-6-22(18-37)38(21)20-7-12-34-30(13-20)45-25-14-24(15-25)44-23-8-10-33-11-9-23;3-2(4,5)1(6)7/h1-4,7,12-13,16,21-25,33H,5-6,8-11,14-15,17-19H2,(H2,32,36)(H2,39,40,41);(H,6,7)/t21?,22?,24-,25-;. The van der Waals surface area contributed by atoms with E-state index in [-0.39, 0.29) is 24.3 Å². The second-order valence-corrected chi connectivity index (χ2v) is 14.4. The number of carboxylic acids is 1. The van der Waals surface area contributed by atoms with Crippen LogP contribution in [0.1, 0.15) is 38.5 Å². The molecule has 53 heavy (non-hydrogen) atoms. The molecule has 0 amide bonds. The third-order valence-electron chi connectivity index (χ3n) is 9.49. The highest BCUT2D eigenvalue weighted by molar-refractivity contribution is 7.46. The maximum atomic E-state index is 11.1. The molecule has 16 nitrogen and oxygen atoms in total. The minimum Gasteiger partial charge on any atom is -0.475 e. The molecule has 2 atom stereocenters. The van der Waals surface area contributed by atoms with E-state index in [9.17, 15) is 17.7 Å². The Morgan fingerprint density at radius 3 is 2.32 bits per heavy atom. The Balaban J connectivity index is 0.000000626. The maximum absolute atomic E-state index is 11.1. The molecule has 7 rings (SSSR count). The third-order valence-corrected chi connectivity index (χ3v) is 9.93. The summed E-state index contributed by atoms with van der Waals surface area (Å²) in [6, 6.07) is 13.6. The van der Waals surface area contributed by atoms with Gasteiger partial charge in [0, 0.05) is 61.5 Å². The van der Waals surface area contributed by atoms with Gasteiger partial charge >= 0.3 is 20.0 Å². The number of rotatable bonds is 11. The van der Waals surface area contributed by atoms with Crippen LogP contribution >= 0.6 is 7.82 Å². The van der Waals surface area contributed by atoms with Gasteiger partial charge in [-0.1, -0.05) is 12.1 Å². The van der Waals surface area contributed by atoms with Crippen LogP contribution < -0.4 is 30.3 Å². The molecule has 4 fully saturated rings. The first-order chi connectivity index (χ1) is 25.2. The molecule has 2 unspecified atom stereocenters. The number of phosphoric ester groups is 1. The number of aromatic nitrogens is 3. The first kappa shape index (κ1) is 38.5. The monoisotopic (exact) mass is 767 g/mol. The van der Waals surface area contributed by atoms with Crippen molar-refractivity contribution < 1.29 is 56.2 Å². The minimum atomic E-state index is -5.08. The first-order valence-electron chi connectivity index (χ1n) is 17.1. The summed E-state index contributed by atoms with van der Waals surface area (Å²) in [5.74, 6) is -1.41. The number of piperazine rings is 1. The highest BCUT2D eigenvalue weighted by Crippen LogP contribution is 2.41. The number of fused-ring (bicyclic) bond motifs is 2. The number of pyridine rings is 1. The molecule has 2 aromatic heterocycles. The van der Waals surface area contributed by atoms with E-state index < -0.39 is 26.8 Å². The molecule has 3 saturated heterocycles. The molecule has 5 heterocycles. The molecular formula is C33H41F3N7O9P. The highest BCUT2D eigenvalue weighted by Gasteiger charge is 2.41. The number of aliphatic carboxylic acids is 1. The average Bonchev–Trinajstić information content (AvgIpc) is 3.36. The van der Waals surface area contributed by atoms with Crippen LogP contribution in [0.2, 0.25) is 0 Å². The number of nitrogens with two attached hydrogens (primary N) is 1. The lowest BCUT2D eigenvalue weighted by molar-refractivity contribution is -0.192. The summed E-state index contributed by atoms with van der Waals surface area (Å²) in [6.45, 7) is 2.97. The van der Waals surface area contributed by atoms with Gasteiger partial charge in [0.05, 0.1) is 23.6 Å². The average molecular weight is 768 g/mol. The van der Waals surface area contributed by atoms with E-state index >= 15 is 0 Å². The lowest BCUT2D eigenvalue weighted by Gasteiger charge is -2.43. The van der Waals surface area contributed by atoms with Gasteiger partial charge in [0.25, 0.3) is 0 Å². The molecule has 1 aromatic carbocycles. The van der Waals surface area contributed by atoms with Gasteiger partial charge in [-0.05, 0) is 63.0 Å². The molecular weight excluding hydrogens is 726 g/mol. The normalized spacial score (nSPS) is 23.1. The van der Waals surface area contributed by atoms with Crippen molar-refractivity contribution in [1.29, 1.82) is 0 Å². The van der Waals surface area contributed by atoms with Gasteiger partial charge in [0.1, 0.15) is 11.9 Å². The van der Waals surface area contributed by atoms with E-state index in [1.165, 1.54) is 0 Å². The number of ether oxygens (including phenoxy) is 3. The van der Waals surface area contributed by atoms with Crippen LogP contribution in [0, 0.1) is 0 Å². The number of nitrogens with zero attached hydrogens (tertiary/aromatic N) is 5. The van der Waals surface area contributed by atoms with E-state index in [0.29, 0.717) is 34.8 Å². The van der Waals surface area contributed by atoms with Gasteiger partial charge in [0.15, 0.2) is 12.6 Å². The molecule has 288 valence electrons. The number of hydrogen-bond acceptors (Lipinski definition) is 13. The molecule has 0 radical (unpaired) electrons. The van der Waals surface area contributed by atoms with Crippen LogP contribution in [0.25, 0.3) is 11.3 Å². The third kappa shape index (κ3) is 10.0. The van der Waals surface area contributed by atoms with E-state index in [1.807, 2.05) is 18.3 Å². The van der Waals surface area contributed by atoms with Crippen molar-refractivity contribution in [3.63, 3.8) is 0 Å². The molecule has 1 saturated carbocycles. The Bertz CT molecular complexity index is 1760. The zero-order valence-corrected chi connectivity index (χ0v) is 29.4. The number of alkyl halides is 3. The number of nitrogens with one attached hydrogen (secondary N) is 1. The fourth-order valence-corrected chi connectivity index (χ4v) is 7.17. The van der Waals surface area contributed by atoms with Crippen LogP contribution in [-0.4, -0.2) is 106 Å². The Labute approximate surface area is 302 Å². The SMILES string of the molecule is Nc1nnc(-c2ccccc2OCOP(=O)(O)O)cc1N1CC2CCC(C1)N2c1ccnc(O[C@H]2C[C@H](OC3CCNCC3)C2)c1.O=C(O)C(F)(F)F. The molecule has 2 bridgehead atoms. The highest BCUT2D eigenvalue weighted by atomic mass is 31.2. The van der Waals surface area contributed by atoms with Gasteiger partial charge in [-0.3, -0.25) is 0 Å². The van der Waals surface area contributed by atoms with Crippen molar-refractivity contribution in [3.8, 4) is 22.9 Å². The summed E-state index contributed by atoms with van der Waals surface area (Å²) < 4.78 is 65.3. The Morgan fingerprint density at radius 2 is 1.66 bits per heavy atom. The number of nitrogen functional groups attached to an aromatic ring is 1. The molecule has 20 heteroatoms. The lowest BCUT2D eigenvalue weighted by Crippen LogP contribution is -2.54. The maximum Gasteiger partial charge on any atom is 0.490 e. The number of halogens is 3. The Morgan fingerprint density at radius 1 is 0.981 bits per heavy atom. The topological polar surface area (TPSA) is 215 Å². The smallest absolute Gasteiger partial charge is 0.475 e. The zero-order chi connectivity index (χ0) is 37.8. The largest absolute Gasteiger partial charge is 0.490 e. The predicted octanol–water partition coefficient (Wildman–Crippen LogP) is 3.74. The van der Waals surface area contributed by atoms with Crippen molar-refractivity contribution in [2.24, 2.45) is 0 Å². The summed E-state index contributed by atoms with van der Waals surface area (Å²) in [5, 5.41) is 19.1. The quantitative estimate of drug-likeness (QED) is 0.139. The van der Waals surface area contributed by atoms with Crippen LogP contribution in [0.5, 0.6) is 11.6 Å². The number of benzene rings is 1. The number of carboxylic acid groups (broad SMARTS) is 1. The minimum absolute atomic E-state index is 0.133. The van der Waals surface area contributed by atoms with Crippen LogP contribution in [0.3, 0.4) is 0 Å². The van der Waals surface area contributed by atoms with Gasteiger partial charge < -0.3 is 50.0 Å². The summed E-state index contributed by atoms with van der Waals surface area (Å²) in [6.07, 6.45) is 3.60. The van der Waals surface area contributed by atoms with Gasteiger partial charge in [-0.25, -0.2) is 18.9 Å². The van der Waals surface area contributed by atoms with E-state index in [4.69, 9.17) is 39.6 Å². The van der Waals surface area contributed by atoms with E-state index in [1.54, 1.807) is 18.2 Å². The first-order valence-corrected chi connectivity index (χ1v) is 18.6. The zero-order valence-electron chi connectivity index (χ0n) is 28.5. The Kier molecular flexibility index (Phi) is 11.9. The van der Waals surface area contributed by atoms with Crippen molar-refractivity contribution in [2.45, 2.75) is 75.1 Å². The number of para-hydroxylation sites is 1. The van der Waals surface area contributed by atoms with Crippen molar-refractivity contribution in [2.75, 3.05) is 48.5 Å². The van der Waals surface area contributed by atoms with Crippen molar-refractivity contribution in [3.05, 3.63) is 48.7 Å². The predicted molar refractivity (Wildman–Crippen MR) is 184 cm³/mol. The fourth-order valence-electron chi connectivity index (χ4n) is 6.98. The fraction of sp³-hybridized carbons (Fsp3) is 0.515. The summed E-state index contributed by atoms with van der Waals surface area (Å²) in [7, 11) is -4.67. The number of piperidine rings is 1. The number of phosphoric acid groups is 1. The summed E-state index contributed by atoms with van der Waals surface area (Å²) in [5.41, 5.74) is 9.40. The van der Waals surface area contributed by atoms with Gasteiger partial charge in [-0.2, -0.15) is 13.2 Å². The molecule has 3 aromatic rings. The number of carbonyl (C=O) groups is 1. The van der Waals surface area contributed by atoms with Crippen LogP contribution in [-0.2, 0) is 18.6 Å². The number of anilines is 3. The van der Waals surface area contributed by atoms with Gasteiger partial charge in [0.2, 0.25) is 5.88 Å². The molecule has 6 N–H and O–H groups in total. The van der Waals surface area contributed by atoms with E-state index in [0.717, 1.165) is 76.1 Å². The van der Waals surface area contributed by atoms with Gasteiger partial charge in [-0.15, -0.1) is 10.2 Å². The second kappa shape index (κ2) is 16.4. The van der Waals surface area contributed by atoms with Crippen molar-refractivity contribution >= 4 is 31.0 Å². The lowest BCUT2D eigenvalue weighted by atomic mass is 9.91. The summed E-state index contributed by atoms with van der Waals surface area (Å²) in [4.78, 5) is 36.2. The van der Waals surface area contributed by atoms with Crippen LogP contribution in [0.15, 0.2) is 48.7 Å². The van der Waals surface area contributed by atoms with Crippen LogP contribution in [0.4, 0.5) is 30.4 Å². The van der Waals surface area contributed by atoms with E-state index in [2.05, 4.69) is 47.0 Å². The Hall–Kier alpha value is -4.26. The summed E-state index contributed by atoms with van der Waals surface area (Å²) >= 11 is 0. The number of hydrogen-bond donors (Lipinski definition) is 5. The molecule has 0 spiro atoms. The molecule has 4 aliphatic rings. The molecule has 3 aliphatic heterocycles. The van der Waals surface area contributed by atoms with Crippen molar-refractivity contribution in [1.82, 2.24) is 20.5 Å². The second-order valence-electron chi connectivity index (χ2n) is 13.1. The molecule has 1 aliphatic carbocycles.